The average molecular weight is 353 g/mol. The van der Waals surface area contributed by atoms with Crippen LogP contribution in [-0.2, 0) is 9.59 Å². The Labute approximate surface area is 152 Å². The van der Waals surface area contributed by atoms with Crippen LogP contribution in [0.2, 0.25) is 0 Å². The first-order valence-electron chi connectivity index (χ1n) is 9.71. The highest BCUT2D eigenvalue weighted by atomic mass is 16.3. The molecule has 0 saturated heterocycles. The van der Waals surface area contributed by atoms with Crippen molar-refractivity contribution in [2.24, 2.45) is 29.6 Å². The molecular weight excluding hydrogens is 316 g/mol. The van der Waals surface area contributed by atoms with Crippen molar-refractivity contribution in [2.75, 3.05) is 0 Å². The predicted octanol–water partition coefficient (Wildman–Crippen LogP) is 4.46. The van der Waals surface area contributed by atoms with Gasteiger partial charge in [0.25, 0.3) is 0 Å². The first-order valence-corrected chi connectivity index (χ1v) is 9.71. The zero-order valence-corrected chi connectivity index (χ0v) is 16.7. The van der Waals surface area contributed by atoms with Gasteiger partial charge in [-0.15, -0.1) is 0 Å². The molecule has 3 unspecified atom stereocenters. The monoisotopic (exact) mass is 352 g/mol. The lowest BCUT2D eigenvalue weighted by molar-refractivity contribution is -0.130. The third-order valence-corrected chi connectivity index (χ3v) is 4.94. The molecule has 4 nitrogen and oxygen atoms in total. The minimum atomic E-state index is -1.12. The molecule has 2 N–H and O–H groups in total. The first-order chi connectivity index (χ1) is 11.6. The van der Waals surface area contributed by atoms with Crippen LogP contribution in [0.15, 0.2) is 11.3 Å². The maximum Gasteiger partial charge on any atom is 0.146 e. The Morgan fingerprint density at radius 1 is 0.880 bits per heavy atom. The van der Waals surface area contributed by atoms with Crippen molar-refractivity contribution in [1.82, 2.24) is 0 Å². The van der Waals surface area contributed by atoms with Gasteiger partial charge in [-0.05, 0) is 42.6 Å². The SMILES string of the molecule is CC(C)CCC(=O)C1C(CCC(C)C)=C(O)C(C(=O)CC(C)C)C1O. The molecule has 25 heavy (non-hydrogen) atoms. The van der Waals surface area contributed by atoms with Gasteiger partial charge in [-0.3, -0.25) is 9.59 Å². The van der Waals surface area contributed by atoms with E-state index >= 15 is 0 Å². The van der Waals surface area contributed by atoms with Crippen molar-refractivity contribution < 1.29 is 19.8 Å². The van der Waals surface area contributed by atoms with Crippen molar-refractivity contribution in [3.63, 3.8) is 0 Å². The molecule has 0 aromatic carbocycles. The molecule has 1 aliphatic carbocycles. The van der Waals surface area contributed by atoms with Gasteiger partial charge in [-0.2, -0.15) is 0 Å². The lowest BCUT2D eigenvalue weighted by atomic mass is 9.84. The van der Waals surface area contributed by atoms with Gasteiger partial charge in [-0.1, -0.05) is 41.5 Å². The summed E-state index contributed by atoms with van der Waals surface area (Å²) in [7, 11) is 0. The molecule has 0 aromatic rings. The van der Waals surface area contributed by atoms with Gasteiger partial charge in [0, 0.05) is 12.8 Å². The maximum atomic E-state index is 12.7. The molecule has 144 valence electrons. The molecule has 0 bridgehead atoms. The van der Waals surface area contributed by atoms with Crippen LogP contribution in [0, 0.1) is 29.6 Å². The molecule has 0 spiro atoms. The summed E-state index contributed by atoms with van der Waals surface area (Å²) in [6.45, 7) is 12.1. The standard InChI is InChI=1S/C21H36O4/c1-12(2)7-9-15-18(16(22)10-8-13(3)4)21(25)19(20(15)24)17(23)11-14(5)6/h12-14,18-19,21,24-25H,7-11H2,1-6H3. The van der Waals surface area contributed by atoms with Crippen LogP contribution >= 0.6 is 0 Å². The molecule has 1 aliphatic rings. The van der Waals surface area contributed by atoms with Crippen LogP contribution in [0.4, 0.5) is 0 Å². The van der Waals surface area contributed by atoms with Gasteiger partial charge in [0.2, 0.25) is 0 Å². The van der Waals surface area contributed by atoms with E-state index in [4.69, 9.17) is 0 Å². The topological polar surface area (TPSA) is 74.6 Å². The van der Waals surface area contributed by atoms with Gasteiger partial charge < -0.3 is 10.2 Å². The summed E-state index contributed by atoms with van der Waals surface area (Å²) in [5.74, 6) is -0.931. The van der Waals surface area contributed by atoms with E-state index in [-0.39, 0.29) is 23.2 Å². The highest BCUT2D eigenvalue weighted by Gasteiger charge is 2.47. The Hall–Kier alpha value is -1.16. The normalized spacial score (nSPS) is 24.0. The van der Waals surface area contributed by atoms with Crippen molar-refractivity contribution in [3.8, 4) is 0 Å². The zero-order valence-electron chi connectivity index (χ0n) is 16.7. The number of rotatable bonds is 10. The molecule has 0 aromatic heterocycles. The van der Waals surface area contributed by atoms with Crippen LogP contribution in [0.5, 0.6) is 0 Å². The molecule has 0 amide bonds. The fourth-order valence-corrected chi connectivity index (χ4v) is 3.49. The second kappa shape index (κ2) is 9.51. The summed E-state index contributed by atoms with van der Waals surface area (Å²) in [5.41, 5.74) is 0.595. The van der Waals surface area contributed by atoms with Crippen molar-refractivity contribution in [3.05, 3.63) is 11.3 Å². The highest BCUT2D eigenvalue weighted by Crippen LogP contribution is 2.41. The summed E-state index contributed by atoms with van der Waals surface area (Å²) in [6.07, 6.45) is 1.70. The van der Waals surface area contributed by atoms with E-state index in [0.717, 1.165) is 12.8 Å². The predicted molar refractivity (Wildman–Crippen MR) is 100 cm³/mol. The number of Topliss-reactive ketones (excluding diaryl/α,β-unsaturated/α-hetero) is 2. The van der Waals surface area contributed by atoms with Crippen LogP contribution < -0.4 is 0 Å². The van der Waals surface area contributed by atoms with E-state index in [1.54, 1.807) is 0 Å². The van der Waals surface area contributed by atoms with Crippen molar-refractivity contribution in [2.45, 2.75) is 79.8 Å². The average Bonchev–Trinajstić information content (AvgIpc) is 2.72. The van der Waals surface area contributed by atoms with E-state index in [0.29, 0.717) is 36.7 Å². The molecule has 3 atom stereocenters. The van der Waals surface area contributed by atoms with Crippen LogP contribution in [0.1, 0.15) is 73.6 Å². The van der Waals surface area contributed by atoms with Crippen molar-refractivity contribution in [1.29, 1.82) is 0 Å². The number of hydrogen-bond donors (Lipinski definition) is 2. The van der Waals surface area contributed by atoms with Crippen LogP contribution in [0.3, 0.4) is 0 Å². The molecule has 0 radical (unpaired) electrons. The Bertz CT molecular complexity index is 502. The summed E-state index contributed by atoms with van der Waals surface area (Å²) in [5, 5.41) is 21.4. The number of ketones is 2. The molecule has 4 heteroatoms. The molecular formula is C21H36O4. The first kappa shape index (κ1) is 21.9. The van der Waals surface area contributed by atoms with E-state index in [1.165, 1.54) is 0 Å². The van der Waals surface area contributed by atoms with E-state index in [2.05, 4.69) is 27.7 Å². The second-order valence-corrected chi connectivity index (χ2v) is 8.75. The summed E-state index contributed by atoms with van der Waals surface area (Å²) >= 11 is 0. The van der Waals surface area contributed by atoms with Gasteiger partial charge in [-0.25, -0.2) is 0 Å². The number of aliphatic hydroxyl groups excluding tert-OH is 2. The minimum Gasteiger partial charge on any atom is -0.511 e. The van der Waals surface area contributed by atoms with E-state index < -0.39 is 17.9 Å². The van der Waals surface area contributed by atoms with Gasteiger partial charge in [0.05, 0.1) is 12.0 Å². The van der Waals surface area contributed by atoms with Gasteiger partial charge >= 0.3 is 0 Å². The van der Waals surface area contributed by atoms with Gasteiger partial charge in [0.15, 0.2) is 0 Å². The van der Waals surface area contributed by atoms with Crippen LogP contribution in [0.25, 0.3) is 0 Å². The smallest absolute Gasteiger partial charge is 0.146 e. The Balaban J connectivity index is 3.07. The lowest BCUT2D eigenvalue weighted by Crippen LogP contribution is -2.34. The van der Waals surface area contributed by atoms with Gasteiger partial charge in [0.1, 0.15) is 23.2 Å². The largest absolute Gasteiger partial charge is 0.511 e. The lowest BCUT2D eigenvalue weighted by Gasteiger charge is -2.21. The molecule has 0 saturated carbocycles. The fourth-order valence-electron chi connectivity index (χ4n) is 3.49. The quantitative estimate of drug-likeness (QED) is 0.608. The summed E-state index contributed by atoms with van der Waals surface area (Å²) < 4.78 is 0. The summed E-state index contributed by atoms with van der Waals surface area (Å²) in [4.78, 5) is 25.3. The number of hydrogen-bond acceptors (Lipinski definition) is 4. The minimum absolute atomic E-state index is 0.0401. The number of carbonyl (C=O) groups is 2. The van der Waals surface area contributed by atoms with Crippen LogP contribution in [-0.4, -0.2) is 27.9 Å². The van der Waals surface area contributed by atoms with E-state index in [1.807, 2.05) is 13.8 Å². The molecule has 0 aliphatic heterocycles. The highest BCUT2D eigenvalue weighted by molar-refractivity contribution is 5.91. The maximum absolute atomic E-state index is 12.7. The Morgan fingerprint density at radius 3 is 1.92 bits per heavy atom. The van der Waals surface area contributed by atoms with Crippen molar-refractivity contribution >= 4 is 11.6 Å². The number of carbonyl (C=O) groups excluding carboxylic acids is 2. The zero-order chi connectivity index (χ0) is 19.3. The fraction of sp³-hybridized carbons (Fsp3) is 0.810. The third kappa shape index (κ3) is 5.95. The molecule has 1 rings (SSSR count). The Morgan fingerprint density at radius 2 is 1.44 bits per heavy atom. The molecule has 0 heterocycles. The Kier molecular flexibility index (Phi) is 8.33. The summed E-state index contributed by atoms with van der Waals surface area (Å²) in [6, 6.07) is 0. The van der Waals surface area contributed by atoms with E-state index in [9.17, 15) is 19.8 Å². The third-order valence-electron chi connectivity index (χ3n) is 4.94. The number of aliphatic hydroxyl groups is 2. The second-order valence-electron chi connectivity index (χ2n) is 8.75. The molecule has 0 fully saturated rings.